The molecule has 0 bridgehead atoms. The number of cyclic esters (lactones) is 1. The number of methoxy groups -OCH3 is 1. The van der Waals surface area contributed by atoms with Crippen molar-refractivity contribution in [2.24, 2.45) is 28.6 Å². The van der Waals surface area contributed by atoms with E-state index in [4.69, 9.17) is 18.6 Å². The second-order valence-electron chi connectivity index (χ2n) is 11.1. The second kappa shape index (κ2) is 9.62. The Bertz CT molecular complexity index is 1320. The molecule has 206 valence electrons. The standard InChI is InChI=1S/C28H29NO10/c1-27-10-8-18-26(33)39-21(16-9-11-37-14-16)13-28(18,2)23(27)22(30)20(12-19(27)25(32)36-3)38-24(31)15-4-6-17(7-5-15)29(34)35/h4-7,9,11,14,18-21,23H,8,10,12-13H2,1-3H3/t18-,19-,20-,21-,23-,27-,28-/m0/s1. The summed E-state index contributed by atoms with van der Waals surface area (Å²) in [6.45, 7) is 3.75. The number of ether oxygens (including phenoxy) is 3. The minimum absolute atomic E-state index is 0.0327. The third-order valence-corrected chi connectivity index (χ3v) is 9.07. The predicted molar refractivity (Wildman–Crippen MR) is 132 cm³/mol. The van der Waals surface area contributed by atoms with Gasteiger partial charge in [0, 0.05) is 30.0 Å². The summed E-state index contributed by atoms with van der Waals surface area (Å²) in [6.07, 6.45) is 2.20. The number of hydrogen-bond acceptors (Lipinski definition) is 10. The Morgan fingerprint density at radius 1 is 1.10 bits per heavy atom. The summed E-state index contributed by atoms with van der Waals surface area (Å²) in [7, 11) is 1.27. The molecule has 2 aromatic rings. The van der Waals surface area contributed by atoms with Gasteiger partial charge in [0.25, 0.3) is 5.69 Å². The third kappa shape index (κ3) is 4.29. The SMILES string of the molecule is COC(=O)[C@@H]1C[C@H](OC(=O)c2ccc([N+](=O)[O-])cc2)C(=O)[C@H]2[C@@]1(C)CC[C@H]1C(=O)O[C@H](c3ccoc3)C[C@]21C. The molecule has 0 N–H and O–H groups in total. The van der Waals surface area contributed by atoms with E-state index in [2.05, 4.69) is 0 Å². The molecule has 39 heavy (non-hydrogen) atoms. The van der Waals surface area contributed by atoms with Gasteiger partial charge in [-0.05, 0) is 48.3 Å². The summed E-state index contributed by atoms with van der Waals surface area (Å²) in [5, 5.41) is 11.0. The van der Waals surface area contributed by atoms with Crippen molar-refractivity contribution in [2.75, 3.05) is 7.11 Å². The monoisotopic (exact) mass is 539 g/mol. The molecule has 11 nitrogen and oxygen atoms in total. The molecule has 0 radical (unpaired) electrons. The number of hydrogen-bond donors (Lipinski definition) is 0. The van der Waals surface area contributed by atoms with E-state index in [0.717, 1.165) is 0 Å². The number of carbonyl (C=O) groups is 4. The average molecular weight is 540 g/mol. The maximum absolute atomic E-state index is 14.2. The van der Waals surface area contributed by atoms with Gasteiger partial charge >= 0.3 is 17.9 Å². The Balaban J connectivity index is 1.51. The van der Waals surface area contributed by atoms with Crippen LogP contribution >= 0.6 is 0 Å². The maximum Gasteiger partial charge on any atom is 0.338 e. The van der Waals surface area contributed by atoms with E-state index in [-0.39, 0.29) is 23.5 Å². The number of furan rings is 1. The molecule has 2 heterocycles. The van der Waals surface area contributed by atoms with E-state index in [1.807, 2.05) is 13.8 Å². The molecule has 1 aromatic heterocycles. The molecular weight excluding hydrogens is 510 g/mol. The summed E-state index contributed by atoms with van der Waals surface area (Å²) in [5.41, 5.74) is -1.23. The number of nitrogens with zero attached hydrogens (tertiary/aromatic N) is 1. The zero-order valence-corrected chi connectivity index (χ0v) is 21.8. The molecular formula is C28H29NO10. The Hall–Kier alpha value is -4.02. The number of fused-ring (bicyclic) bond motifs is 3. The molecule has 5 rings (SSSR count). The lowest BCUT2D eigenvalue weighted by molar-refractivity contribution is -0.384. The number of nitro benzene ring substituents is 1. The van der Waals surface area contributed by atoms with Crippen LogP contribution in [0.4, 0.5) is 5.69 Å². The Morgan fingerprint density at radius 3 is 2.44 bits per heavy atom. The molecule has 0 spiro atoms. The normalized spacial score (nSPS) is 33.8. The highest BCUT2D eigenvalue weighted by Gasteiger charge is 2.67. The van der Waals surface area contributed by atoms with Crippen molar-refractivity contribution in [1.29, 1.82) is 0 Å². The highest BCUT2D eigenvalue weighted by molar-refractivity contribution is 5.96. The van der Waals surface area contributed by atoms with Crippen molar-refractivity contribution >= 4 is 29.4 Å². The summed E-state index contributed by atoms with van der Waals surface area (Å²) >= 11 is 0. The fourth-order valence-electron chi connectivity index (χ4n) is 7.18. The first-order valence-corrected chi connectivity index (χ1v) is 12.8. The number of ketones is 1. The molecule has 11 heteroatoms. The average Bonchev–Trinajstić information content (AvgIpc) is 3.44. The Kier molecular flexibility index (Phi) is 6.56. The second-order valence-corrected chi connectivity index (χ2v) is 11.1. The summed E-state index contributed by atoms with van der Waals surface area (Å²) in [6, 6.07) is 6.55. The fraction of sp³-hybridized carbons (Fsp3) is 0.500. The minimum Gasteiger partial charge on any atom is -0.472 e. The number of carbonyl (C=O) groups excluding carboxylic acids is 4. The largest absolute Gasteiger partial charge is 0.472 e. The van der Waals surface area contributed by atoms with Crippen LogP contribution in [-0.2, 0) is 28.6 Å². The number of rotatable bonds is 5. The molecule has 1 aromatic carbocycles. The molecule has 1 aliphatic heterocycles. The van der Waals surface area contributed by atoms with Gasteiger partial charge in [0.2, 0.25) is 0 Å². The number of Topliss-reactive ketones (excluding diaryl/α,β-unsaturated/α-hetero) is 1. The topological polar surface area (TPSA) is 152 Å². The van der Waals surface area contributed by atoms with Gasteiger partial charge < -0.3 is 18.6 Å². The lowest BCUT2D eigenvalue weighted by atomic mass is 9.43. The van der Waals surface area contributed by atoms with Crippen LogP contribution in [0.15, 0.2) is 47.3 Å². The van der Waals surface area contributed by atoms with Crippen LogP contribution in [0, 0.1) is 38.7 Å². The van der Waals surface area contributed by atoms with Crippen molar-refractivity contribution in [3.05, 3.63) is 64.1 Å². The van der Waals surface area contributed by atoms with Crippen LogP contribution in [0.25, 0.3) is 0 Å². The first kappa shape index (κ1) is 26.6. The van der Waals surface area contributed by atoms with E-state index < -0.39 is 63.6 Å². The van der Waals surface area contributed by atoms with Gasteiger partial charge in [-0.1, -0.05) is 13.8 Å². The van der Waals surface area contributed by atoms with Crippen LogP contribution in [-0.4, -0.2) is 41.8 Å². The molecule has 2 aliphatic carbocycles. The van der Waals surface area contributed by atoms with E-state index >= 15 is 0 Å². The van der Waals surface area contributed by atoms with E-state index in [1.165, 1.54) is 43.9 Å². The van der Waals surface area contributed by atoms with Crippen molar-refractivity contribution in [3.63, 3.8) is 0 Å². The molecule has 0 amide bonds. The molecule has 7 atom stereocenters. The lowest BCUT2D eigenvalue weighted by Gasteiger charge is -2.61. The van der Waals surface area contributed by atoms with Gasteiger partial charge in [0.1, 0.15) is 6.10 Å². The van der Waals surface area contributed by atoms with Gasteiger partial charge in [-0.15, -0.1) is 0 Å². The van der Waals surface area contributed by atoms with E-state index in [1.54, 1.807) is 6.07 Å². The van der Waals surface area contributed by atoms with Crippen LogP contribution in [0.5, 0.6) is 0 Å². The quantitative estimate of drug-likeness (QED) is 0.234. The number of esters is 3. The molecule has 3 fully saturated rings. The molecule has 0 unspecified atom stereocenters. The molecule has 1 saturated heterocycles. The zero-order valence-electron chi connectivity index (χ0n) is 21.8. The highest BCUT2D eigenvalue weighted by atomic mass is 16.6. The van der Waals surface area contributed by atoms with Crippen molar-refractivity contribution in [2.45, 2.75) is 51.7 Å². The van der Waals surface area contributed by atoms with Crippen molar-refractivity contribution < 1.29 is 42.7 Å². The maximum atomic E-state index is 14.2. The van der Waals surface area contributed by atoms with Crippen LogP contribution in [0.3, 0.4) is 0 Å². The summed E-state index contributed by atoms with van der Waals surface area (Å²) < 4.78 is 21.7. The number of nitro groups is 1. The first-order chi connectivity index (χ1) is 18.5. The van der Waals surface area contributed by atoms with Gasteiger partial charge in [0.05, 0.1) is 42.0 Å². The van der Waals surface area contributed by atoms with Gasteiger partial charge in [-0.25, -0.2) is 4.79 Å². The molecule has 2 saturated carbocycles. The third-order valence-electron chi connectivity index (χ3n) is 9.07. The van der Waals surface area contributed by atoms with Crippen LogP contribution in [0.2, 0.25) is 0 Å². The van der Waals surface area contributed by atoms with E-state index in [0.29, 0.717) is 24.8 Å². The molecule has 3 aliphatic rings. The number of non-ortho nitro benzene ring substituents is 1. The van der Waals surface area contributed by atoms with Crippen LogP contribution in [0.1, 0.15) is 61.6 Å². The van der Waals surface area contributed by atoms with Gasteiger partial charge in [-0.3, -0.25) is 24.5 Å². The Morgan fingerprint density at radius 2 is 1.82 bits per heavy atom. The van der Waals surface area contributed by atoms with Gasteiger partial charge in [-0.2, -0.15) is 0 Å². The highest BCUT2D eigenvalue weighted by Crippen LogP contribution is 2.65. The minimum atomic E-state index is -1.27. The smallest absolute Gasteiger partial charge is 0.338 e. The van der Waals surface area contributed by atoms with Crippen LogP contribution < -0.4 is 0 Å². The lowest BCUT2D eigenvalue weighted by Crippen LogP contribution is -2.64. The van der Waals surface area contributed by atoms with Crippen molar-refractivity contribution in [3.8, 4) is 0 Å². The van der Waals surface area contributed by atoms with Crippen molar-refractivity contribution in [1.82, 2.24) is 0 Å². The predicted octanol–water partition coefficient (Wildman–Crippen LogP) is 4.20. The summed E-state index contributed by atoms with van der Waals surface area (Å²) in [5.74, 6) is -4.28. The zero-order chi connectivity index (χ0) is 28.1. The Labute approximate surface area is 223 Å². The fourth-order valence-corrected chi connectivity index (χ4v) is 7.18. The number of benzene rings is 1. The first-order valence-electron chi connectivity index (χ1n) is 12.8. The van der Waals surface area contributed by atoms with Gasteiger partial charge in [0.15, 0.2) is 11.9 Å². The summed E-state index contributed by atoms with van der Waals surface area (Å²) in [4.78, 5) is 63.9. The van der Waals surface area contributed by atoms with E-state index in [9.17, 15) is 29.3 Å².